The van der Waals surface area contributed by atoms with Gasteiger partial charge in [-0.2, -0.15) is 5.10 Å². The van der Waals surface area contributed by atoms with E-state index in [1.807, 2.05) is 41.8 Å². The summed E-state index contributed by atoms with van der Waals surface area (Å²) < 4.78 is 7.37. The highest BCUT2D eigenvalue weighted by Crippen LogP contribution is 2.28. The zero-order chi connectivity index (χ0) is 26.2. The molecular weight excluding hydrogens is 518 g/mol. The van der Waals surface area contributed by atoms with Gasteiger partial charge >= 0.3 is 0 Å². The van der Waals surface area contributed by atoms with Crippen LogP contribution in [0.2, 0.25) is 5.02 Å². The highest BCUT2D eigenvalue weighted by Gasteiger charge is 2.18. The number of rotatable bonds is 10. The number of nitro benzene ring substituents is 1. The average Bonchev–Trinajstić information content (AvgIpc) is 3.33. The molecule has 0 saturated carbocycles. The number of pyridine rings is 1. The summed E-state index contributed by atoms with van der Waals surface area (Å²) in [6, 6.07) is 15.4. The second-order valence-electron chi connectivity index (χ2n) is 7.36. The molecule has 0 radical (unpaired) electrons. The van der Waals surface area contributed by atoms with Crippen LogP contribution in [0.3, 0.4) is 0 Å². The van der Waals surface area contributed by atoms with Gasteiger partial charge in [0, 0.05) is 35.3 Å². The number of hydrazone groups is 1. The van der Waals surface area contributed by atoms with Gasteiger partial charge in [-0.3, -0.25) is 24.5 Å². The molecular formula is C24H20ClN7O4S. The smallest absolute Gasteiger partial charge is 0.288 e. The lowest BCUT2D eigenvalue weighted by atomic mass is 10.2. The van der Waals surface area contributed by atoms with E-state index in [-0.39, 0.29) is 16.5 Å². The van der Waals surface area contributed by atoms with Gasteiger partial charge < -0.3 is 4.74 Å². The fourth-order valence-electron chi connectivity index (χ4n) is 3.23. The third kappa shape index (κ3) is 6.48. The van der Waals surface area contributed by atoms with Crippen molar-refractivity contribution in [1.82, 2.24) is 25.2 Å². The predicted octanol–water partition coefficient (Wildman–Crippen LogP) is 4.53. The number of carbonyl (C=O) groups excluding carboxylic acids is 1. The Morgan fingerprint density at radius 3 is 2.76 bits per heavy atom. The maximum atomic E-state index is 12.4. The number of nitro groups is 1. The van der Waals surface area contributed by atoms with Gasteiger partial charge in [0.15, 0.2) is 11.0 Å². The summed E-state index contributed by atoms with van der Waals surface area (Å²) >= 11 is 6.99. The molecule has 1 N–H and O–H groups in total. The molecule has 0 saturated heterocycles. The van der Waals surface area contributed by atoms with Crippen molar-refractivity contribution in [2.24, 2.45) is 5.10 Å². The van der Waals surface area contributed by atoms with E-state index >= 15 is 0 Å². The molecule has 0 aliphatic heterocycles. The number of hydrogen-bond donors (Lipinski definition) is 1. The largest absolute Gasteiger partial charge is 0.494 e. The lowest BCUT2D eigenvalue weighted by molar-refractivity contribution is -0.384. The van der Waals surface area contributed by atoms with E-state index in [2.05, 4.69) is 25.7 Å². The van der Waals surface area contributed by atoms with Gasteiger partial charge in [-0.1, -0.05) is 29.4 Å². The second kappa shape index (κ2) is 12.1. The fourth-order valence-corrected chi connectivity index (χ4v) is 4.16. The number of nitrogens with zero attached hydrogens (tertiary/aromatic N) is 6. The van der Waals surface area contributed by atoms with Crippen LogP contribution in [0, 0.1) is 10.1 Å². The van der Waals surface area contributed by atoms with Crippen molar-refractivity contribution in [3.63, 3.8) is 0 Å². The molecule has 37 heavy (non-hydrogen) atoms. The molecule has 0 unspecified atom stereocenters. The SMILES string of the molecule is CCOc1ccc(-n2c(SCC(=O)N/N=C/c3ccc(Cl)c([N+](=O)[O-])c3)nnc2-c2cccnc2)cc1. The first-order chi connectivity index (χ1) is 18.0. The molecule has 0 aliphatic rings. The Morgan fingerprint density at radius 1 is 1.24 bits per heavy atom. The van der Waals surface area contributed by atoms with Crippen molar-refractivity contribution in [1.29, 1.82) is 0 Å². The second-order valence-corrected chi connectivity index (χ2v) is 8.71. The lowest BCUT2D eigenvalue weighted by Gasteiger charge is -2.11. The Bertz CT molecular complexity index is 1430. The Morgan fingerprint density at radius 2 is 2.05 bits per heavy atom. The lowest BCUT2D eigenvalue weighted by Crippen LogP contribution is -2.20. The number of hydrogen-bond acceptors (Lipinski definition) is 9. The number of halogens is 1. The van der Waals surface area contributed by atoms with E-state index in [1.54, 1.807) is 24.5 Å². The van der Waals surface area contributed by atoms with Gasteiger partial charge in [0.25, 0.3) is 11.6 Å². The van der Waals surface area contributed by atoms with Crippen LogP contribution in [0.4, 0.5) is 5.69 Å². The van der Waals surface area contributed by atoms with E-state index < -0.39 is 10.8 Å². The van der Waals surface area contributed by atoms with Gasteiger partial charge in [0.2, 0.25) is 0 Å². The Balaban J connectivity index is 1.49. The number of amides is 1. The van der Waals surface area contributed by atoms with Crippen molar-refractivity contribution >= 4 is 41.2 Å². The quantitative estimate of drug-likeness (QED) is 0.135. The summed E-state index contributed by atoms with van der Waals surface area (Å²) in [5.74, 6) is 0.913. The minimum atomic E-state index is -0.588. The normalized spacial score (nSPS) is 11.0. The summed E-state index contributed by atoms with van der Waals surface area (Å²) in [5.41, 5.74) is 4.13. The van der Waals surface area contributed by atoms with Crippen molar-refractivity contribution in [3.05, 3.63) is 87.7 Å². The van der Waals surface area contributed by atoms with E-state index in [0.29, 0.717) is 23.2 Å². The standard InChI is InChI=1S/C24H20ClN7O4S/c1-2-36-19-8-6-18(7-9-19)31-23(17-4-3-11-26-14-17)29-30-24(31)37-15-22(33)28-27-13-16-5-10-20(25)21(12-16)32(34)35/h3-14H,2,15H2,1H3,(H,28,33)/b27-13+. The molecule has 11 nitrogen and oxygen atoms in total. The summed E-state index contributed by atoms with van der Waals surface area (Å²) in [4.78, 5) is 27.0. The van der Waals surface area contributed by atoms with Gasteiger partial charge in [-0.15, -0.1) is 10.2 Å². The molecule has 2 aromatic carbocycles. The zero-order valence-electron chi connectivity index (χ0n) is 19.4. The number of carbonyl (C=O) groups is 1. The van der Waals surface area contributed by atoms with Crippen LogP contribution in [-0.4, -0.2) is 49.2 Å². The molecule has 4 aromatic rings. The van der Waals surface area contributed by atoms with Crippen LogP contribution in [0.5, 0.6) is 5.75 Å². The molecule has 0 aliphatic carbocycles. The van der Waals surface area contributed by atoms with Gasteiger partial charge in [-0.25, -0.2) is 5.43 Å². The molecule has 188 valence electrons. The number of nitrogens with one attached hydrogen (secondary N) is 1. The van der Waals surface area contributed by atoms with Crippen molar-refractivity contribution in [3.8, 4) is 22.8 Å². The Labute approximate surface area is 220 Å². The monoisotopic (exact) mass is 537 g/mol. The van der Waals surface area contributed by atoms with E-state index in [0.717, 1.165) is 17.0 Å². The van der Waals surface area contributed by atoms with Crippen LogP contribution in [0.1, 0.15) is 12.5 Å². The summed E-state index contributed by atoms with van der Waals surface area (Å²) in [5, 5.41) is 24.0. The summed E-state index contributed by atoms with van der Waals surface area (Å²) in [6.07, 6.45) is 4.66. The maximum Gasteiger partial charge on any atom is 0.288 e. The molecule has 0 fully saturated rings. The summed E-state index contributed by atoms with van der Waals surface area (Å²) in [7, 11) is 0. The number of aromatic nitrogens is 4. The first-order valence-electron chi connectivity index (χ1n) is 10.9. The van der Waals surface area contributed by atoms with E-state index in [4.69, 9.17) is 16.3 Å². The van der Waals surface area contributed by atoms with Gasteiger partial charge in [0.1, 0.15) is 10.8 Å². The Hall–Kier alpha value is -4.29. The van der Waals surface area contributed by atoms with Gasteiger partial charge in [-0.05, 0) is 49.4 Å². The fraction of sp³-hybridized carbons (Fsp3) is 0.125. The number of thioether (sulfide) groups is 1. The minimum absolute atomic E-state index is 0.000306. The number of ether oxygens (including phenoxy) is 1. The zero-order valence-corrected chi connectivity index (χ0v) is 21.0. The third-order valence-electron chi connectivity index (χ3n) is 4.86. The molecule has 4 rings (SSSR count). The van der Waals surface area contributed by atoms with E-state index in [1.165, 1.54) is 30.1 Å². The van der Waals surface area contributed by atoms with Crippen LogP contribution >= 0.6 is 23.4 Å². The molecule has 13 heteroatoms. The molecule has 0 spiro atoms. The highest BCUT2D eigenvalue weighted by molar-refractivity contribution is 7.99. The van der Waals surface area contributed by atoms with Gasteiger partial charge in [0.05, 0.1) is 23.5 Å². The first-order valence-corrected chi connectivity index (χ1v) is 12.3. The predicted molar refractivity (Wildman–Crippen MR) is 140 cm³/mol. The highest BCUT2D eigenvalue weighted by atomic mass is 35.5. The molecule has 1 amide bonds. The van der Waals surface area contributed by atoms with Crippen LogP contribution in [0.15, 0.2) is 77.2 Å². The van der Waals surface area contributed by atoms with Crippen molar-refractivity contribution < 1.29 is 14.5 Å². The molecule has 0 atom stereocenters. The van der Waals surface area contributed by atoms with Crippen LogP contribution in [-0.2, 0) is 4.79 Å². The Kier molecular flexibility index (Phi) is 8.44. The molecule has 2 aromatic heterocycles. The topological polar surface area (TPSA) is 137 Å². The van der Waals surface area contributed by atoms with Crippen molar-refractivity contribution in [2.75, 3.05) is 12.4 Å². The first kappa shape index (κ1) is 25.8. The minimum Gasteiger partial charge on any atom is -0.494 e. The van der Waals surface area contributed by atoms with Crippen LogP contribution in [0.25, 0.3) is 17.1 Å². The van der Waals surface area contributed by atoms with Crippen LogP contribution < -0.4 is 10.2 Å². The summed E-state index contributed by atoms with van der Waals surface area (Å²) in [6.45, 7) is 2.47. The maximum absolute atomic E-state index is 12.4. The number of benzene rings is 2. The third-order valence-corrected chi connectivity index (χ3v) is 6.11. The van der Waals surface area contributed by atoms with E-state index in [9.17, 15) is 14.9 Å². The molecule has 0 bridgehead atoms. The average molecular weight is 538 g/mol. The molecule has 2 heterocycles. The van der Waals surface area contributed by atoms with Crippen molar-refractivity contribution in [2.45, 2.75) is 12.1 Å².